The smallest absolute Gasteiger partial charge is 0.271 e. The molecule has 6 rings (SSSR count). The lowest BCUT2D eigenvalue weighted by Gasteiger charge is -2.32. The Labute approximate surface area is 312 Å². The Balaban J connectivity index is 0.986. The van der Waals surface area contributed by atoms with Gasteiger partial charge < -0.3 is 20.0 Å². The summed E-state index contributed by atoms with van der Waals surface area (Å²) in [6, 6.07) is 8.24. The molecule has 3 aromatic heterocycles. The number of unbranched alkanes of at least 4 members (excludes halogenated alkanes) is 1. The van der Waals surface area contributed by atoms with E-state index in [1.54, 1.807) is 12.3 Å². The summed E-state index contributed by atoms with van der Waals surface area (Å²) >= 11 is 0. The minimum Gasteiger partial charge on any atom is -0.376 e. The highest BCUT2D eigenvalue weighted by Crippen LogP contribution is 2.32. The number of imide groups is 1. The highest BCUT2D eigenvalue weighted by molar-refractivity contribution is 5.98. The number of halogens is 1. The summed E-state index contributed by atoms with van der Waals surface area (Å²) in [6.45, 7) is 3.19. The Morgan fingerprint density at radius 2 is 1.83 bits per heavy atom. The minimum absolute atomic E-state index is 0.133. The molecule has 15 nitrogen and oxygen atoms in total. The molecule has 4 aromatic rings. The second-order valence-corrected chi connectivity index (χ2v) is 14.2. The van der Waals surface area contributed by atoms with Crippen molar-refractivity contribution in [2.24, 2.45) is 0 Å². The van der Waals surface area contributed by atoms with Crippen LogP contribution in [0.2, 0.25) is 0 Å². The molecular formula is C38H47FN10O5. The van der Waals surface area contributed by atoms with Gasteiger partial charge in [0.2, 0.25) is 24.6 Å². The lowest BCUT2D eigenvalue weighted by molar-refractivity contribution is -0.132. The van der Waals surface area contributed by atoms with Crippen LogP contribution in [0.25, 0.3) is 16.9 Å². The molecular weight excluding hydrogens is 695 g/mol. The number of rotatable bonds is 17. The monoisotopic (exact) mass is 742 g/mol. The molecule has 1 aliphatic carbocycles. The van der Waals surface area contributed by atoms with Crippen molar-refractivity contribution in [2.75, 3.05) is 37.0 Å². The van der Waals surface area contributed by atoms with Crippen LogP contribution >= 0.6 is 0 Å². The van der Waals surface area contributed by atoms with Gasteiger partial charge in [0.05, 0.1) is 41.5 Å². The lowest BCUT2D eigenvalue weighted by Crippen LogP contribution is -2.46. The maximum atomic E-state index is 13.3. The summed E-state index contributed by atoms with van der Waals surface area (Å²) in [6.07, 6.45) is 10.8. The minimum atomic E-state index is -1.00. The Morgan fingerprint density at radius 3 is 2.52 bits per heavy atom. The molecule has 286 valence electrons. The number of nitrogens with zero attached hydrogens (tertiary/aromatic N) is 8. The number of carbonyl (C=O) groups is 5. The Bertz CT molecular complexity index is 1990. The average molecular weight is 743 g/mol. The van der Waals surface area contributed by atoms with E-state index in [9.17, 15) is 28.4 Å². The molecule has 2 aliphatic rings. The molecule has 1 saturated carbocycles. The van der Waals surface area contributed by atoms with Crippen molar-refractivity contribution in [1.82, 2.24) is 39.9 Å². The summed E-state index contributed by atoms with van der Waals surface area (Å²) in [7, 11) is 3.74. The van der Waals surface area contributed by atoms with Gasteiger partial charge in [0.25, 0.3) is 5.91 Å². The van der Waals surface area contributed by atoms with Crippen LogP contribution in [-0.4, -0.2) is 105 Å². The van der Waals surface area contributed by atoms with Gasteiger partial charge in [-0.1, -0.05) is 19.4 Å². The molecule has 1 aliphatic heterocycles. The maximum absolute atomic E-state index is 13.3. The van der Waals surface area contributed by atoms with Crippen molar-refractivity contribution >= 4 is 47.6 Å². The Kier molecular flexibility index (Phi) is 12.0. The van der Waals surface area contributed by atoms with E-state index in [0.717, 1.165) is 48.9 Å². The third-order valence-electron chi connectivity index (χ3n) is 10.1. The average Bonchev–Trinajstić information content (AvgIpc) is 3.51. The number of hydrogen-bond donors (Lipinski definition) is 2. The van der Waals surface area contributed by atoms with E-state index >= 15 is 0 Å². The number of benzene rings is 1. The molecule has 3 atom stereocenters. The van der Waals surface area contributed by atoms with Crippen LogP contribution < -0.4 is 20.4 Å². The molecule has 0 bridgehead atoms. The van der Waals surface area contributed by atoms with Gasteiger partial charge in [-0.05, 0) is 68.4 Å². The van der Waals surface area contributed by atoms with E-state index < -0.39 is 30.1 Å². The quantitative estimate of drug-likeness (QED) is 0.122. The fraction of sp³-hybridized carbons (Fsp3) is 0.474. The molecule has 1 aromatic carbocycles. The number of carbonyl (C=O) groups excluding carboxylic acids is 5. The molecule has 0 radical (unpaired) electrons. The van der Waals surface area contributed by atoms with Crippen LogP contribution in [0.4, 0.5) is 15.8 Å². The zero-order chi connectivity index (χ0) is 38.4. The van der Waals surface area contributed by atoms with Crippen LogP contribution in [-0.2, 0) is 25.6 Å². The first-order valence-corrected chi connectivity index (χ1v) is 18.5. The molecule has 54 heavy (non-hydrogen) atoms. The van der Waals surface area contributed by atoms with Crippen LogP contribution in [0.5, 0.6) is 0 Å². The number of alkyl halides is 1. The van der Waals surface area contributed by atoms with Gasteiger partial charge in [-0.3, -0.25) is 34.0 Å². The largest absolute Gasteiger partial charge is 0.376 e. The molecule has 2 fully saturated rings. The zero-order valence-corrected chi connectivity index (χ0v) is 30.9. The summed E-state index contributed by atoms with van der Waals surface area (Å²) in [5.74, 6) is -0.801. The standard InChI is InChI=1S/C38H47FN10O5/c1-4-7-32(37(53)41-23-50)47(24-51)31-12-10-25(18-33(31)45(2)3)8-5-6-9-36(52)46-16-14-27(15-17-46)48-22-26(20-42-48)29-11-13-35-40-21-34(49(35)44-29)38(54)43-30-19-28(30)39/h10-13,18,20-24,27-28,30,32H,4-9,14-17,19H2,1-3H3,(H,43,54)(H,41,50,53). The van der Waals surface area contributed by atoms with Gasteiger partial charge in [0, 0.05) is 51.8 Å². The van der Waals surface area contributed by atoms with Crippen LogP contribution in [0.3, 0.4) is 0 Å². The van der Waals surface area contributed by atoms with Crippen LogP contribution in [0.1, 0.15) is 80.4 Å². The van der Waals surface area contributed by atoms with E-state index in [2.05, 4.69) is 25.8 Å². The SMILES string of the molecule is CCCC(C(=O)NC=O)N(C=O)c1ccc(CCCCC(=O)N2CCC(n3cc(-c4ccc5ncc(C(=O)NC6CC6F)n5n4)cn3)CC2)cc1N(C)C. The topological polar surface area (TPSA) is 167 Å². The van der Waals surface area contributed by atoms with Crippen molar-refractivity contribution < 1.29 is 28.4 Å². The van der Waals surface area contributed by atoms with Gasteiger partial charge in [0.1, 0.15) is 17.9 Å². The first-order chi connectivity index (χ1) is 26.1. The first-order valence-electron chi connectivity index (χ1n) is 18.5. The summed E-state index contributed by atoms with van der Waals surface area (Å²) < 4.78 is 16.7. The predicted octanol–water partition coefficient (Wildman–Crippen LogP) is 3.48. The number of amides is 5. The van der Waals surface area contributed by atoms with Crippen molar-refractivity contribution in [3.8, 4) is 11.3 Å². The number of aromatic nitrogens is 5. The van der Waals surface area contributed by atoms with Crippen LogP contribution in [0, 0.1) is 0 Å². The molecule has 5 amide bonds. The second-order valence-electron chi connectivity index (χ2n) is 14.2. The predicted molar refractivity (Wildman–Crippen MR) is 200 cm³/mol. The third-order valence-corrected chi connectivity index (χ3v) is 10.1. The van der Waals surface area contributed by atoms with Crippen LogP contribution in [0.15, 0.2) is 48.9 Å². The van der Waals surface area contributed by atoms with Gasteiger partial charge in [0.15, 0.2) is 5.65 Å². The molecule has 2 N–H and O–H groups in total. The van der Waals surface area contributed by atoms with Crippen molar-refractivity contribution in [3.63, 3.8) is 0 Å². The van der Waals surface area contributed by atoms with Crippen molar-refractivity contribution in [2.45, 2.75) is 89.0 Å². The maximum Gasteiger partial charge on any atom is 0.271 e. The molecule has 3 unspecified atom stereocenters. The van der Waals surface area contributed by atoms with E-state index in [4.69, 9.17) is 0 Å². The number of fused-ring (bicyclic) bond motifs is 1. The Hall–Kier alpha value is -5.67. The van der Waals surface area contributed by atoms with Gasteiger partial charge in [-0.2, -0.15) is 10.2 Å². The third kappa shape index (κ3) is 8.58. The van der Waals surface area contributed by atoms with E-state index in [-0.39, 0.29) is 17.6 Å². The number of aryl methyl sites for hydroxylation is 1. The van der Waals surface area contributed by atoms with Crippen molar-refractivity contribution in [1.29, 1.82) is 0 Å². The summed E-state index contributed by atoms with van der Waals surface area (Å²) in [4.78, 5) is 71.0. The van der Waals surface area contributed by atoms with E-state index in [1.807, 2.05) is 66.0 Å². The lowest BCUT2D eigenvalue weighted by atomic mass is 10.0. The van der Waals surface area contributed by atoms with Crippen molar-refractivity contribution in [3.05, 3.63) is 60.2 Å². The Morgan fingerprint density at radius 1 is 1.06 bits per heavy atom. The molecule has 0 spiro atoms. The van der Waals surface area contributed by atoms with E-state index in [0.29, 0.717) is 68.6 Å². The molecule has 4 heterocycles. The first kappa shape index (κ1) is 38.1. The number of likely N-dealkylation sites (tertiary alicyclic amines) is 1. The van der Waals surface area contributed by atoms with E-state index in [1.165, 1.54) is 15.6 Å². The molecule has 16 heteroatoms. The van der Waals surface area contributed by atoms with Gasteiger partial charge in [-0.15, -0.1) is 0 Å². The number of imidazole rings is 1. The number of piperidine rings is 1. The van der Waals surface area contributed by atoms with Gasteiger partial charge >= 0.3 is 0 Å². The number of hydrogen-bond acceptors (Lipinski definition) is 9. The summed E-state index contributed by atoms with van der Waals surface area (Å²) in [5, 5.41) is 14.1. The summed E-state index contributed by atoms with van der Waals surface area (Å²) in [5.41, 5.74) is 4.59. The normalized spacial score (nSPS) is 17.5. The highest BCUT2D eigenvalue weighted by atomic mass is 19.1. The number of anilines is 2. The highest BCUT2D eigenvalue weighted by Gasteiger charge is 2.39. The zero-order valence-electron chi connectivity index (χ0n) is 30.9. The number of nitrogens with one attached hydrogen (secondary N) is 2. The fourth-order valence-corrected chi connectivity index (χ4v) is 6.97. The molecule has 1 saturated heterocycles. The fourth-order valence-electron chi connectivity index (χ4n) is 6.97. The van der Waals surface area contributed by atoms with Gasteiger partial charge in [-0.25, -0.2) is 13.9 Å². The second kappa shape index (κ2) is 17.0.